The Bertz CT molecular complexity index is 3150. The zero-order chi connectivity index (χ0) is 48.1. The van der Waals surface area contributed by atoms with E-state index in [0.29, 0.717) is 81.6 Å². The van der Waals surface area contributed by atoms with Gasteiger partial charge in [-0.2, -0.15) is 11.3 Å². The fourth-order valence-electron chi connectivity index (χ4n) is 10.3. The molecule has 0 saturated carbocycles. The van der Waals surface area contributed by atoms with Crippen molar-refractivity contribution in [1.29, 1.82) is 0 Å². The molecule has 9 heterocycles. The third kappa shape index (κ3) is 9.98. The summed E-state index contributed by atoms with van der Waals surface area (Å²) in [6.45, 7) is 7.83. The summed E-state index contributed by atoms with van der Waals surface area (Å²) < 4.78 is 16.1. The predicted molar refractivity (Wildman–Crippen MR) is 273 cm³/mol. The van der Waals surface area contributed by atoms with Crippen LogP contribution in [0, 0.1) is 0 Å². The summed E-state index contributed by atoms with van der Waals surface area (Å²) in [5, 5.41) is 13.1. The summed E-state index contributed by atoms with van der Waals surface area (Å²) in [7, 11) is 4.48. The minimum atomic E-state index is -0.447. The summed E-state index contributed by atoms with van der Waals surface area (Å²) in [6, 6.07) is 13.0. The molecule has 0 bridgehead atoms. The molecule has 2 atom stereocenters. The molecule has 2 saturated heterocycles. The normalized spacial score (nSPS) is 16.9. The molecular weight excluding hydrogens is 905 g/mol. The lowest BCUT2D eigenvalue weighted by Crippen LogP contribution is -2.38. The molecule has 70 heavy (non-hydrogen) atoms. The van der Waals surface area contributed by atoms with Crippen molar-refractivity contribution in [3.05, 3.63) is 99.0 Å². The van der Waals surface area contributed by atoms with E-state index in [4.69, 9.17) is 34.1 Å². The smallest absolute Gasteiger partial charge is 0.339 e. The summed E-state index contributed by atoms with van der Waals surface area (Å²) in [5.41, 5.74) is 8.22. The highest BCUT2D eigenvalue weighted by molar-refractivity contribution is 7.07. The Hall–Kier alpha value is -6.76. The maximum atomic E-state index is 12.4. The maximum absolute atomic E-state index is 12.4. The first-order valence-electron chi connectivity index (χ1n) is 24.4. The second-order valence-electron chi connectivity index (χ2n) is 18.4. The first kappa shape index (κ1) is 46.9. The van der Waals surface area contributed by atoms with Crippen molar-refractivity contribution in [2.24, 2.45) is 0 Å². The number of rotatable bonds is 18. The lowest BCUT2D eigenvalue weighted by Gasteiger charge is -2.36. The maximum Gasteiger partial charge on any atom is 0.339 e. The average Bonchev–Trinajstić information content (AvgIpc) is 4.13. The highest BCUT2D eigenvalue weighted by atomic mass is 32.1. The molecule has 8 aromatic rings. The van der Waals surface area contributed by atoms with Crippen molar-refractivity contribution in [3.63, 3.8) is 0 Å². The molecule has 0 radical (unpaired) electrons. The molecule has 10 rings (SSSR count). The van der Waals surface area contributed by atoms with Crippen LogP contribution in [0.3, 0.4) is 0 Å². The van der Waals surface area contributed by atoms with E-state index >= 15 is 0 Å². The molecular formula is C52H60N12O5S. The number of benzene rings is 1. The first-order chi connectivity index (χ1) is 34.3. The topological polar surface area (TPSA) is 201 Å². The van der Waals surface area contributed by atoms with Crippen molar-refractivity contribution in [3.8, 4) is 5.75 Å². The summed E-state index contributed by atoms with van der Waals surface area (Å²) in [4.78, 5) is 66.1. The number of methoxy groups -OCH3 is 3. The molecule has 18 heteroatoms. The highest BCUT2D eigenvalue weighted by Gasteiger charge is 2.27. The van der Waals surface area contributed by atoms with E-state index in [0.717, 1.165) is 104 Å². The van der Waals surface area contributed by atoms with Crippen molar-refractivity contribution in [1.82, 2.24) is 49.7 Å². The number of nitrogens with one attached hydrogen (secondary N) is 4. The summed E-state index contributed by atoms with van der Waals surface area (Å²) >= 11 is 1.65. The number of hydrogen-bond donors (Lipinski definition) is 4. The van der Waals surface area contributed by atoms with Crippen LogP contribution in [0.5, 0.6) is 5.75 Å². The van der Waals surface area contributed by atoms with Crippen LogP contribution in [0.25, 0.3) is 44.1 Å². The van der Waals surface area contributed by atoms with Gasteiger partial charge in [0.1, 0.15) is 51.4 Å². The molecule has 7 aromatic heterocycles. The first-order valence-corrected chi connectivity index (χ1v) is 25.4. The van der Waals surface area contributed by atoms with Crippen LogP contribution in [0.2, 0.25) is 0 Å². The minimum absolute atomic E-state index is 0.201. The molecule has 364 valence electrons. The van der Waals surface area contributed by atoms with E-state index in [-0.39, 0.29) is 6.04 Å². The Morgan fingerprint density at radius 2 is 1.30 bits per heavy atom. The zero-order valence-electron chi connectivity index (χ0n) is 40.3. The third-order valence-corrected chi connectivity index (χ3v) is 14.6. The number of likely N-dealkylation sites (tertiary alicyclic amines) is 2. The van der Waals surface area contributed by atoms with Crippen LogP contribution < -0.4 is 15.4 Å². The van der Waals surface area contributed by atoms with E-state index in [1.54, 1.807) is 36.8 Å². The van der Waals surface area contributed by atoms with E-state index in [1.807, 2.05) is 0 Å². The Balaban J connectivity index is 0.853. The quantitative estimate of drug-likeness (QED) is 0.0469. The molecule has 2 unspecified atom stereocenters. The zero-order valence-corrected chi connectivity index (χ0v) is 41.1. The van der Waals surface area contributed by atoms with Crippen LogP contribution in [-0.2, 0) is 22.3 Å². The number of carbonyl (C=O) groups excluding carboxylic acids is 2. The highest BCUT2D eigenvalue weighted by Crippen LogP contribution is 2.38. The standard InChI is InChI=1S/C52H60N12O5S/c1-31-11-5-7-18-63(31)20-9-16-53-47-43-45-37(26-34(28-55-45)51(65)68-3)57-49(43)61-41(59-47)24-32-13-14-36(40(23-32)67-2)39-12-6-8-19-64(39)21-10-17-54-48-44-46-38(27-35(29-56-46)52(66)69-4)58-50(44)62-42(60-48)25-33-15-22-70-30-33/h13-15,22-23,26-31,39H,5-12,16-21,24-25H2,1-4H3,(H2,53,57,59,61)(H2,54,58,60,62). The Labute approximate surface area is 410 Å². The second kappa shape index (κ2) is 21.1. The molecule has 4 N–H and O–H groups in total. The lowest BCUT2D eigenvalue weighted by atomic mass is 9.93. The Kier molecular flexibility index (Phi) is 14.1. The number of H-pyrrole nitrogens is 2. The molecule has 0 amide bonds. The number of esters is 2. The lowest BCUT2D eigenvalue weighted by molar-refractivity contribution is 0.0591. The van der Waals surface area contributed by atoms with Crippen molar-refractivity contribution >= 4 is 79.0 Å². The van der Waals surface area contributed by atoms with Gasteiger partial charge in [-0.3, -0.25) is 14.9 Å². The largest absolute Gasteiger partial charge is 0.496 e. The molecule has 2 fully saturated rings. The fraction of sp³-hybridized carbons (Fsp3) is 0.423. The number of aromatic amines is 2. The summed E-state index contributed by atoms with van der Waals surface area (Å²) in [6.07, 6.45) is 13.2. The van der Waals surface area contributed by atoms with Gasteiger partial charge < -0.3 is 39.7 Å². The van der Waals surface area contributed by atoms with Gasteiger partial charge in [0.05, 0.1) is 54.3 Å². The van der Waals surface area contributed by atoms with E-state index in [9.17, 15) is 9.59 Å². The number of fused-ring (bicyclic) bond motifs is 6. The van der Waals surface area contributed by atoms with Crippen LogP contribution in [-0.4, -0.2) is 128 Å². The van der Waals surface area contributed by atoms with Crippen molar-refractivity contribution in [2.75, 3.05) is 71.2 Å². The molecule has 0 spiro atoms. The number of piperidine rings is 2. The third-order valence-electron chi connectivity index (χ3n) is 13.9. The van der Waals surface area contributed by atoms with Crippen LogP contribution in [0.4, 0.5) is 11.6 Å². The molecule has 2 aliphatic rings. The minimum Gasteiger partial charge on any atom is -0.496 e. The van der Waals surface area contributed by atoms with Gasteiger partial charge in [0.25, 0.3) is 0 Å². The van der Waals surface area contributed by atoms with Crippen LogP contribution >= 0.6 is 11.3 Å². The van der Waals surface area contributed by atoms with Gasteiger partial charge in [-0.05, 0) is 105 Å². The number of nitrogens with zero attached hydrogens (tertiary/aromatic N) is 8. The van der Waals surface area contributed by atoms with Gasteiger partial charge in [-0.1, -0.05) is 25.0 Å². The number of carbonyl (C=O) groups is 2. The van der Waals surface area contributed by atoms with E-state index in [2.05, 4.69) is 82.3 Å². The molecule has 17 nitrogen and oxygen atoms in total. The summed E-state index contributed by atoms with van der Waals surface area (Å²) in [5.74, 6) is 2.76. The van der Waals surface area contributed by atoms with Gasteiger partial charge in [-0.15, -0.1) is 0 Å². The van der Waals surface area contributed by atoms with Crippen LogP contribution in [0.15, 0.2) is 59.6 Å². The molecule has 2 aliphatic heterocycles. The van der Waals surface area contributed by atoms with Gasteiger partial charge in [-0.25, -0.2) is 29.5 Å². The Morgan fingerprint density at radius 3 is 1.87 bits per heavy atom. The molecule has 0 aliphatic carbocycles. The SMILES string of the molecule is COC(=O)c1cnc2c(c1)[nH]c1nc(Cc3ccc(C4CCCCN4CCCNc4nc(Cc5ccsc5)nc5[nH]c6cc(C(=O)OC)cnc6c45)c(OC)c3)nc(NCCCN3CCCCC3C)c12. The second-order valence-corrected chi connectivity index (χ2v) is 19.2. The number of pyridine rings is 2. The number of hydrogen-bond acceptors (Lipinski definition) is 16. The number of aromatic nitrogens is 8. The number of anilines is 2. The van der Waals surface area contributed by atoms with Crippen LogP contribution in [0.1, 0.15) is 113 Å². The Morgan fingerprint density at radius 1 is 0.714 bits per heavy atom. The van der Waals surface area contributed by atoms with Crippen molar-refractivity contribution in [2.45, 2.75) is 83.2 Å². The number of ether oxygens (including phenoxy) is 3. The molecule has 1 aromatic carbocycles. The van der Waals surface area contributed by atoms with Crippen molar-refractivity contribution < 1.29 is 23.8 Å². The predicted octanol–water partition coefficient (Wildman–Crippen LogP) is 8.86. The average molecular weight is 965 g/mol. The van der Waals surface area contributed by atoms with Gasteiger partial charge in [0.15, 0.2) is 0 Å². The fourth-order valence-corrected chi connectivity index (χ4v) is 10.9. The van der Waals surface area contributed by atoms with Gasteiger partial charge in [0.2, 0.25) is 0 Å². The van der Waals surface area contributed by atoms with Gasteiger partial charge in [0, 0.05) is 69.1 Å². The number of thiophene rings is 1. The van der Waals surface area contributed by atoms with E-state index < -0.39 is 11.9 Å². The van der Waals surface area contributed by atoms with Gasteiger partial charge >= 0.3 is 11.9 Å². The monoisotopic (exact) mass is 964 g/mol. The van der Waals surface area contributed by atoms with E-state index in [1.165, 1.54) is 45.2 Å².